The van der Waals surface area contributed by atoms with Gasteiger partial charge in [-0.1, -0.05) is 26.3 Å². The molecule has 1 aromatic heterocycles. The Labute approximate surface area is 93.1 Å². The van der Waals surface area contributed by atoms with E-state index in [9.17, 15) is 0 Å². The number of rotatable bonds is 5. The van der Waals surface area contributed by atoms with Crippen LogP contribution in [0.15, 0.2) is 24.5 Å². The topological polar surface area (TPSA) is 24.9 Å². The van der Waals surface area contributed by atoms with Crippen LogP contribution >= 0.6 is 0 Å². The van der Waals surface area contributed by atoms with Crippen molar-refractivity contribution in [3.63, 3.8) is 0 Å². The monoisotopic (exact) mass is 206 g/mol. The lowest BCUT2D eigenvalue weighted by atomic mass is 9.99. The van der Waals surface area contributed by atoms with Gasteiger partial charge in [0.15, 0.2) is 0 Å². The minimum Gasteiger partial charge on any atom is -0.307 e. The first kappa shape index (κ1) is 12.2. The lowest BCUT2D eigenvalue weighted by molar-refractivity contribution is 0.360. The van der Waals surface area contributed by atoms with Crippen LogP contribution in [0.25, 0.3) is 0 Å². The first-order valence-corrected chi connectivity index (χ1v) is 5.81. The summed E-state index contributed by atoms with van der Waals surface area (Å²) in [4.78, 5) is 4.14. The molecule has 0 aliphatic carbocycles. The van der Waals surface area contributed by atoms with Crippen molar-refractivity contribution in [2.45, 2.75) is 46.2 Å². The average molecular weight is 206 g/mol. The molecule has 0 amide bonds. The van der Waals surface area contributed by atoms with Crippen LogP contribution in [0.2, 0.25) is 0 Å². The summed E-state index contributed by atoms with van der Waals surface area (Å²) in [7, 11) is 0. The molecule has 1 N–H and O–H groups in total. The molecular weight excluding hydrogens is 184 g/mol. The Morgan fingerprint density at radius 3 is 2.60 bits per heavy atom. The van der Waals surface area contributed by atoms with Crippen LogP contribution in [0, 0.1) is 5.92 Å². The van der Waals surface area contributed by atoms with Gasteiger partial charge in [-0.3, -0.25) is 4.98 Å². The normalized spacial score (nSPS) is 17.1. The largest absolute Gasteiger partial charge is 0.307 e. The van der Waals surface area contributed by atoms with Gasteiger partial charge in [-0.25, -0.2) is 0 Å². The summed E-state index contributed by atoms with van der Waals surface area (Å²) in [5.41, 5.74) is 1.26. The Bertz CT molecular complexity index is 271. The second kappa shape index (κ2) is 5.86. The number of pyridine rings is 1. The minimum atomic E-state index is 0.378. The predicted octanol–water partition coefficient (Wildman–Crippen LogP) is 3.17. The number of hydrogen-bond donors (Lipinski definition) is 1. The first-order valence-electron chi connectivity index (χ1n) is 5.81. The SMILES string of the molecule is CC[C@@H](C)[C@H](C)N[C@@H](C)c1cccnc1. The van der Waals surface area contributed by atoms with Gasteiger partial charge >= 0.3 is 0 Å². The summed E-state index contributed by atoms with van der Waals surface area (Å²) in [6.07, 6.45) is 4.96. The molecule has 0 radical (unpaired) electrons. The highest BCUT2D eigenvalue weighted by atomic mass is 14.9. The molecule has 0 aromatic carbocycles. The molecule has 0 unspecified atom stereocenters. The van der Waals surface area contributed by atoms with Crippen LogP contribution in [0.3, 0.4) is 0 Å². The molecule has 2 nitrogen and oxygen atoms in total. The maximum Gasteiger partial charge on any atom is 0.0315 e. The predicted molar refractivity (Wildman–Crippen MR) is 64.7 cm³/mol. The van der Waals surface area contributed by atoms with E-state index in [1.165, 1.54) is 12.0 Å². The molecule has 3 atom stereocenters. The summed E-state index contributed by atoms with van der Waals surface area (Å²) in [5.74, 6) is 0.712. The Morgan fingerprint density at radius 2 is 2.07 bits per heavy atom. The molecule has 1 rings (SSSR count). The quantitative estimate of drug-likeness (QED) is 0.800. The Hall–Kier alpha value is -0.890. The highest BCUT2D eigenvalue weighted by Crippen LogP contribution is 2.14. The van der Waals surface area contributed by atoms with E-state index in [2.05, 4.69) is 44.1 Å². The zero-order valence-electron chi connectivity index (χ0n) is 10.2. The van der Waals surface area contributed by atoms with Gasteiger partial charge in [0.2, 0.25) is 0 Å². The Balaban J connectivity index is 2.52. The number of nitrogens with zero attached hydrogens (tertiary/aromatic N) is 1. The van der Waals surface area contributed by atoms with Gasteiger partial charge in [-0.05, 0) is 31.4 Å². The van der Waals surface area contributed by atoms with Crippen molar-refractivity contribution in [2.75, 3.05) is 0 Å². The van der Waals surface area contributed by atoms with Gasteiger partial charge in [0.25, 0.3) is 0 Å². The highest BCUT2D eigenvalue weighted by molar-refractivity contribution is 5.12. The summed E-state index contributed by atoms with van der Waals surface area (Å²) in [6.45, 7) is 8.96. The number of hydrogen-bond acceptors (Lipinski definition) is 2. The molecule has 15 heavy (non-hydrogen) atoms. The lowest BCUT2D eigenvalue weighted by Gasteiger charge is -2.24. The fourth-order valence-electron chi connectivity index (χ4n) is 1.64. The van der Waals surface area contributed by atoms with Gasteiger partial charge in [0.05, 0.1) is 0 Å². The van der Waals surface area contributed by atoms with Gasteiger partial charge in [-0.2, -0.15) is 0 Å². The molecule has 1 aromatic rings. The van der Waals surface area contributed by atoms with Crippen molar-refractivity contribution in [3.8, 4) is 0 Å². The van der Waals surface area contributed by atoms with Gasteiger partial charge in [0, 0.05) is 24.5 Å². The molecule has 1 heterocycles. The van der Waals surface area contributed by atoms with Crippen LogP contribution in [0.5, 0.6) is 0 Å². The zero-order valence-corrected chi connectivity index (χ0v) is 10.2. The van der Waals surface area contributed by atoms with E-state index in [-0.39, 0.29) is 0 Å². The third-order valence-corrected chi connectivity index (χ3v) is 3.19. The molecule has 0 saturated heterocycles. The van der Waals surface area contributed by atoms with Crippen LogP contribution in [0.4, 0.5) is 0 Å². The van der Waals surface area contributed by atoms with Gasteiger partial charge < -0.3 is 5.32 Å². The summed E-state index contributed by atoms with van der Waals surface area (Å²) in [6, 6.07) is 5.03. The molecule has 0 spiro atoms. The molecule has 0 bridgehead atoms. The Morgan fingerprint density at radius 1 is 1.33 bits per heavy atom. The van der Waals surface area contributed by atoms with E-state index in [0.717, 1.165) is 0 Å². The fourth-order valence-corrected chi connectivity index (χ4v) is 1.64. The summed E-state index contributed by atoms with van der Waals surface area (Å²) >= 11 is 0. The van der Waals surface area contributed by atoms with E-state index in [0.29, 0.717) is 18.0 Å². The first-order chi connectivity index (χ1) is 7.15. The fraction of sp³-hybridized carbons (Fsp3) is 0.615. The van der Waals surface area contributed by atoms with Crippen molar-refractivity contribution in [3.05, 3.63) is 30.1 Å². The molecule has 0 aliphatic rings. The van der Waals surface area contributed by atoms with Crippen molar-refractivity contribution in [1.82, 2.24) is 10.3 Å². The zero-order chi connectivity index (χ0) is 11.3. The minimum absolute atomic E-state index is 0.378. The average Bonchev–Trinajstić information content (AvgIpc) is 2.29. The third-order valence-electron chi connectivity index (χ3n) is 3.19. The second-order valence-corrected chi connectivity index (χ2v) is 4.35. The molecule has 0 aliphatic heterocycles. The molecular formula is C13H22N2. The van der Waals surface area contributed by atoms with E-state index in [1.807, 2.05) is 18.5 Å². The van der Waals surface area contributed by atoms with Crippen molar-refractivity contribution < 1.29 is 0 Å². The van der Waals surface area contributed by atoms with E-state index in [4.69, 9.17) is 0 Å². The highest BCUT2D eigenvalue weighted by Gasteiger charge is 2.13. The number of nitrogens with one attached hydrogen (secondary N) is 1. The van der Waals surface area contributed by atoms with Crippen LogP contribution < -0.4 is 5.32 Å². The Kier molecular flexibility index (Phi) is 4.76. The van der Waals surface area contributed by atoms with Crippen molar-refractivity contribution in [2.24, 2.45) is 5.92 Å². The van der Waals surface area contributed by atoms with Gasteiger partial charge in [-0.15, -0.1) is 0 Å². The maximum absolute atomic E-state index is 4.14. The van der Waals surface area contributed by atoms with Gasteiger partial charge in [0.1, 0.15) is 0 Å². The van der Waals surface area contributed by atoms with E-state index >= 15 is 0 Å². The second-order valence-electron chi connectivity index (χ2n) is 4.35. The number of aromatic nitrogens is 1. The molecule has 0 fully saturated rings. The van der Waals surface area contributed by atoms with Crippen LogP contribution in [0.1, 0.15) is 45.7 Å². The molecule has 0 saturated carbocycles. The van der Waals surface area contributed by atoms with Crippen molar-refractivity contribution >= 4 is 0 Å². The maximum atomic E-state index is 4.14. The smallest absolute Gasteiger partial charge is 0.0315 e. The summed E-state index contributed by atoms with van der Waals surface area (Å²) < 4.78 is 0. The molecule has 84 valence electrons. The van der Waals surface area contributed by atoms with Crippen molar-refractivity contribution in [1.29, 1.82) is 0 Å². The summed E-state index contributed by atoms with van der Waals surface area (Å²) in [5, 5.41) is 3.61. The third kappa shape index (κ3) is 3.63. The van der Waals surface area contributed by atoms with E-state index < -0.39 is 0 Å². The lowest BCUT2D eigenvalue weighted by Crippen LogP contribution is -2.33. The van der Waals surface area contributed by atoms with Crippen LogP contribution in [-0.4, -0.2) is 11.0 Å². The van der Waals surface area contributed by atoms with E-state index in [1.54, 1.807) is 0 Å². The standard InChI is InChI=1S/C13H22N2/c1-5-10(2)11(3)15-12(4)13-7-6-8-14-9-13/h6-12,15H,5H2,1-4H3/t10-,11+,12+/m1/s1. The molecule has 2 heteroatoms. The van der Waals surface area contributed by atoms with Crippen LogP contribution in [-0.2, 0) is 0 Å².